The molecule has 1 unspecified atom stereocenters. The molecule has 0 aliphatic heterocycles. The maximum atomic E-state index is 13.3. The van der Waals surface area contributed by atoms with Crippen molar-refractivity contribution in [1.29, 1.82) is 10.5 Å². The highest BCUT2D eigenvalue weighted by Gasteiger charge is 2.28. The molecule has 1 aromatic carbocycles. The second kappa shape index (κ2) is 9.20. The maximum absolute atomic E-state index is 13.3. The number of ether oxygens (including phenoxy) is 1. The summed E-state index contributed by atoms with van der Waals surface area (Å²) in [5, 5.41) is 18.7. The van der Waals surface area contributed by atoms with Gasteiger partial charge in [0.05, 0.1) is 18.2 Å². The molecule has 0 aliphatic rings. The highest BCUT2D eigenvalue weighted by Crippen LogP contribution is 2.40. The molecule has 1 heterocycles. The zero-order chi connectivity index (χ0) is 20.8. The molecular formula is C20H19FN4O2S. The number of halogens is 1. The van der Waals surface area contributed by atoms with Crippen LogP contribution in [0.4, 0.5) is 10.2 Å². The number of pyridine rings is 1. The van der Waals surface area contributed by atoms with Gasteiger partial charge in [0, 0.05) is 14.1 Å². The lowest BCUT2D eigenvalue weighted by Gasteiger charge is -2.20. The number of nitriles is 2. The third-order valence-electron chi connectivity index (χ3n) is 4.07. The summed E-state index contributed by atoms with van der Waals surface area (Å²) >= 11 is 1.05. The summed E-state index contributed by atoms with van der Waals surface area (Å²) in [6.45, 7) is 1.85. The Balaban J connectivity index is 2.65. The molecule has 28 heavy (non-hydrogen) atoms. The van der Waals surface area contributed by atoms with Gasteiger partial charge >= 0.3 is 5.97 Å². The van der Waals surface area contributed by atoms with Gasteiger partial charge in [0.2, 0.25) is 0 Å². The summed E-state index contributed by atoms with van der Waals surface area (Å²) in [6.07, 6.45) is 0.460. The molecule has 2 aromatic rings. The van der Waals surface area contributed by atoms with E-state index in [1.807, 2.05) is 6.92 Å². The summed E-state index contributed by atoms with van der Waals surface area (Å²) in [5.41, 5.74) is 1.70. The Morgan fingerprint density at radius 2 is 1.86 bits per heavy atom. The van der Waals surface area contributed by atoms with Gasteiger partial charge in [-0.3, -0.25) is 4.79 Å². The molecule has 6 nitrogen and oxygen atoms in total. The van der Waals surface area contributed by atoms with Crippen LogP contribution < -0.4 is 4.90 Å². The average molecular weight is 398 g/mol. The number of aromatic nitrogens is 1. The third-order valence-corrected chi connectivity index (χ3v) is 5.29. The van der Waals surface area contributed by atoms with Crippen molar-refractivity contribution in [1.82, 2.24) is 4.98 Å². The van der Waals surface area contributed by atoms with Gasteiger partial charge in [0.25, 0.3) is 0 Å². The molecule has 0 bridgehead atoms. The number of carbonyl (C=O) groups is 1. The van der Waals surface area contributed by atoms with E-state index in [0.29, 0.717) is 34.0 Å². The van der Waals surface area contributed by atoms with Gasteiger partial charge in [-0.15, -0.1) is 0 Å². The Hall–Kier alpha value is -3.10. The van der Waals surface area contributed by atoms with Gasteiger partial charge < -0.3 is 9.64 Å². The van der Waals surface area contributed by atoms with Crippen molar-refractivity contribution >= 4 is 23.5 Å². The molecule has 0 amide bonds. The van der Waals surface area contributed by atoms with E-state index in [4.69, 9.17) is 4.74 Å². The summed E-state index contributed by atoms with van der Waals surface area (Å²) in [6, 6.07) is 9.74. The molecule has 0 fully saturated rings. The second-order valence-corrected chi connectivity index (χ2v) is 7.11. The van der Waals surface area contributed by atoms with Crippen molar-refractivity contribution in [3.8, 4) is 12.1 Å². The Kier molecular flexibility index (Phi) is 6.97. The summed E-state index contributed by atoms with van der Waals surface area (Å²) in [5.74, 6) is -0.547. The first-order chi connectivity index (χ1) is 13.4. The van der Waals surface area contributed by atoms with E-state index < -0.39 is 17.0 Å². The van der Waals surface area contributed by atoms with Crippen molar-refractivity contribution in [3.05, 3.63) is 52.3 Å². The number of thioether (sulfide) groups is 1. The molecule has 0 saturated carbocycles. The number of esters is 1. The van der Waals surface area contributed by atoms with Crippen molar-refractivity contribution in [2.24, 2.45) is 0 Å². The fourth-order valence-corrected chi connectivity index (χ4v) is 3.84. The minimum atomic E-state index is -0.835. The standard InChI is InChI=1S/C20H19FN4O2S/c1-5-14-15(10-22)18(25(2)3)24-19(16(14)11-23)28-17(20(26)27-4)12-6-8-13(21)9-7-12/h6-9,17H,5H2,1-4H3. The number of methoxy groups -OCH3 is 1. The summed E-state index contributed by atoms with van der Waals surface area (Å²) in [7, 11) is 4.77. The highest BCUT2D eigenvalue weighted by molar-refractivity contribution is 8.00. The zero-order valence-electron chi connectivity index (χ0n) is 16.0. The van der Waals surface area contributed by atoms with Crippen molar-refractivity contribution in [3.63, 3.8) is 0 Å². The molecule has 2 rings (SSSR count). The first-order valence-corrected chi connectivity index (χ1v) is 9.30. The van der Waals surface area contributed by atoms with Crippen LogP contribution in [0, 0.1) is 28.5 Å². The highest BCUT2D eigenvalue weighted by atomic mass is 32.2. The molecule has 0 aliphatic carbocycles. The molecule has 0 radical (unpaired) electrons. The number of hydrogen-bond acceptors (Lipinski definition) is 7. The van der Waals surface area contributed by atoms with Crippen LogP contribution in [0.1, 0.15) is 34.4 Å². The van der Waals surface area contributed by atoms with E-state index in [1.165, 1.54) is 31.4 Å². The van der Waals surface area contributed by atoms with Gasteiger partial charge in [-0.25, -0.2) is 9.37 Å². The predicted octanol–water partition coefficient (Wildman–Crippen LogP) is 3.60. The monoisotopic (exact) mass is 398 g/mol. The number of anilines is 1. The zero-order valence-corrected chi connectivity index (χ0v) is 16.8. The van der Waals surface area contributed by atoms with Crippen LogP contribution in [0.3, 0.4) is 0 Å². The Morgan fingerprint density at radius 3 is 2.32 bits per heavy atom. The number of carbonyl (C=O) groups excluding carboxylic acids is 1. The van der Waals surface area contributed by atoms with Crippen LogP contribution in [0.5, 0.6) is 0 Å². The largest absolute Gasteiger partial charge is 0.468 e. The smallest absolute Gasteiger partial charge is 0.323 e. The van der Waals surface area contributed by atoms with Gasteiger partial charge in [-0.2, -0.15) is 10.5 Å². The van der Waals surface area contributed by atoms with E-state index in [1.54, 1.807) is 19.0 Å². The van der Waals surface area contributed by atoms with E-state index in [-0.39, 0.29) is 5.56 Å². The predicted molar refractivity (Wildman–Crippen MR) is 104 cm³/mol. The van der Waals surface area contributed by atoms with Crippen LogP contribution in [0.15, 0.2) is 29.3 Å². The SMILES string of the molecule is CCc1c(C#N)c(SC(C(=O)OC)c2ccc(F)cc2)nc(N(C)C)c1C#N. The van der Waals surface area contributed by atoms with Crippen molar-refractivity contribution < 1.29 is 13.9 Å². The molecule has 144 valence electrons. The number of hydrogen-bond donors (Lipinski definition) is 0. The molecule has 0 N–H and O–H groups in total. The van der Waals surface area contributed by atoms with Crippen molar-refractivity contribution in [2.45, 2.75) is 23.6 Å². The molecule has 1 atom stereocenters. The Labute approximate surface area is 167 Å². The third kappa shape index (κ3) is 4.24. The van der Waals surface area contributed by atoms with Gasteiger partial charge in [-0.1, -0.05) is 30.8 Å². The van der Waals surface area contributed by atoms with Crippen molar-refractivity contribution in [2.75, 3.05) is 26.1 Å². The Morgan fingerprint density at radius 1 is 1.25 bits per heavy atom. The Bertz CT molecular complexity index is 962. The average Bonchev–Trinajstić information content (AvgIpc) is 2.70. The summed E-state index contributed by atoms with van der Waals surface area (Å²) in [4.78, 5) is 18.6. The lowest BCUT2D eigenvalue weighted by atomic mass is 10.0. The molecule has 0 spiro atoms. The summed E-state index contributed by atoms with van der Waals surface area (Å²) < 4.78 is 18.2. The first kappa shape index (κ1) is 21.2. The minimum Gasteiger partial charge on any atom is -0.468 e. The maximum Gasteiger partial charge on any atom is 0.323 e. The van der Waals surface area contributed by atoms with Gasteiger partial charge in [-0.05, 0) is 29.7 Å². The molecule has 8 heteroatoms. The van der Waals surface area contributed by atoms with Gasteiger partial charge in [0.1, 0.15) is 34.0 Å². The lowest BCUT2D eigenvalue weighted by Crippen LogP contribution is -2.17. The van der Waals surface area contributed by atoms with E-state index in [2.05, 4.69) is 17.1 Å². The van der Waals surface area contributed by atoms with Crippen LogP contribution in [0.25, 0.3) is 0 Å². The van der Waals surface area contributed by atoms with Crippen LogP contribution in [0.2, 0.25) is 0 Å². The van der Waals surface area contributed by atoms with Crippen LogP contribution in [-0.2, 0) is 16.0 Å². The number of benzene rings is 1. The molecule has 1 aromatic heterocycles. The van der Waals surface area contributed by atoms with E-state index >= 15 is 0 Å². The van der Waals surface area contributed by atoms with Crippen LogP contribution in [-0.4, -0.2) is 32.2 Å². The fourth-order valence-electron chi connectivity index (χ4n) is 2.70. The quantitative estimate of drug-likeness (QED) is 0.542. The first-order valence-electron chi connectivity index (χ1n) is 8.42. The van der Waals surface area contributed by atoms with E-state index in [9.17, 15) is 19.7 Å². The molecule has 0 saturated heterocycles. The number of rotatable bonds is 6. The van der Waals surface area contributed by atoms with E-state index in [0.717, 1.165) is 11.8 Å². The van der Waals surface area contributed by atoms with Crippen LogP contribution >= 0.6 is 11.8 Å². The fraction of sp³-hybridized carbons (Fsp3) is 0.300. The topological polar surface area (TPSA) is 90.0 Å². The normalized spacial score (nSPS) is 11.2. The minimum absolute atomic E-state index is 0.255. The lowest BCUT2D eigenvalue weighted by molar-refractivity contribution is -0.140. The second-order valence-electron chi connectivity index (χ2n) is 6.01. The number of nitrogens with zero attached hydrogens (tertiary/aromatic N) is 4. The molecular weight excluding hydrogens is 379 g/mol. The van der Waals surface area contributed by atoms with Gasteiger partial charge in [0.15, 0.2) is 0 Å².